The summed E-state index contributed by atoms with van der Waals surface area (Å²) in [7, 11) is 1.59. The number of hydrogen-bond acceptors (Lipinski definition) is 3. The molecule has 0 aromatic heterocycles. The number of hydrogen-bond donors (Lipinski definition) is 1. The van der Waals surface area contributed by atoms with Gasteiger partial charge < -0.3 is 14.8 Å². The third kappa shape index (κ3) is 3.95. The third-order valence-corrected chi connectivity index (χ3v) is 4.64. The molecule has 0 unspecified atom stereocenters. The Morgan fingerprint density at radius 1 is 1.12 bits per heavy atom. The minimum atomic E-state index is -0.585. The summed E-state index contributed by atoms with van der Waals surface area (Å²) >= 11 is 0. The molecule has 4 nitrogen and oxygen atoms in total. The molecule has 2 aromatic carbocycles. The molecule has 0 radical (unpaired) electrons. The van der Waals surface area contributed by atoms with Crippen LogP contribution >= 0.6 is 0 Å². The Morgan fingerprint density at radius 3 is 2.72 bits per heavy atom. The predicted octanol–water partition coefficient (Wildman–Crippen LogP) is 4.29. The summed E-state index contributed by atoms with van der Waals surface area (Å²) < 4.78 is 11.3. The van der Waals surface area contributed by atoms with Gasteiger partial charge in [-0.2, -0.15) is 0 Å². The third-order valence-electron chi connectivity index (χ3n) is 4.64. The van der Waals surface area contributed by atoms with E-state index in [1.54, 1.807) is 14.0 Å². The summed E-state index contributed by atoms with van der Waals surface area (Å²) in [6, 6.07) is 11.8. The maximum absolute atomic E-state index is 12.6. The van der Waals surface area contributed by atoms with E-state index in [4.69, 9.17) is 9.47 Å². The van der Waals surface area contributed by atoms with E-state index in [0.29, 0.717) is 11.4 Å². The lowest BCUT2D eigenvalue weighted by Crippen LogP contribution is -2.30. The quantitative estimate of drug-likeness (QED) is 0.884. The highest BCUT2D eigenvalue weighted by atomic mass is 16.5. The normalized spacial score (nSPS) is 14.4. The summed E-state index contributed by atoms with van der Waals surface area (Å²) in [6.45, 7) is 3.76. The maximum Gasteiger partial charge on any atom is 0.265 e. The molecule has 0 spiro atoms. The van der Waals surface area contributed by atoms with Gasteiger partial charge in [0.1, 0.15) is 11.5 Å². The first-order valence-electron chi connectivity index (χ1n) is 8.81. The van der Waals surface area contributed by atoms with Crippen molar-refractivity contribution in [2.45, 2.75) is 45.6 Å². The van der Waals surface area contributed by atoms with Crippen LogP contribution in [-0.4, -0.2) is 19.1 Å². The number of rotatable bonds is 5. The lowest BCUT2D eigenvalue weighted by molar-refractivity contribution is -0.122. The van der Waals surface area contributed by atoms with Gasteiger partial charge >= 0.3 is 0 Å². The average Bonchev–Trinajstić information content (AvgIpc) is 2.62. The van der Waals surface area contributed by atoms with Gasteiger partial charge in [-0.3, -0.25) is 4.79 Å². The first-order valence-corrected chi connectivity index (χ1v) is 8.81. The smallest absolute Gasteiger partial charge is 0.265 e. The van der Waals surface area contributed by atoms with Crippen molar-refractivity contribution in [1.29, 1.82) is 0 Å². The predicted molar refractivity (Wildman–Crippen MR) is 99.5 cm³/mol. The van der Waals surface area contributed by atoms with Gasteiger partial charge in [0, 0.05) is 0 Å². The van der Waals surface area contributed by atoms with Crippen LogP contribution in [0.25, 0.3) is 0 Å². The lowest BCUT2D eigenvalue weighted by atomic mass is 9.91. The zero-order chi connectivity index (χ0) is 17.8. The molecule has 1 N–H and O–H groups in total. The van der Waals surface area contributed by atoms with Gasteiger partial charge in [0.25, 0.3) is 5.91 Å². The van der Waals surface area contributed by atoms with Crippen LogP contribution in [-0.2, 0) is 17.6 Å². The molecule has 1 atom stereocenters. The molecule has 1 aliphatic rings. The van der Waals surface area contributed by atoms with Gasteiger partial charge in [-0.05, 0) is 74.4 Å². The SMILES string of the molecule is COc1ccc(C)cc1NC(=O)[C@H](C)Oc1cccc2c1CCCC2. The molecule has 0 saturated heterocycles. The van der Waals surface area contributed by atoms with Crippen LogP contribution in [0.1, 0.15) is 36.5 Å². The number of methoxy groups -OCH3 is 1. The molecule has 0 bridgehead atoms. The highest BCUT2D eigenvalue weighted by molar-refractivity contribution is 5.95. The molecule has 4 heteroatoms. The average molecular weight is 339 g/mol. The highest BCUT2D eigenvalue weighted by Gasteiger charge is 2.20. The van der Waals surface area contributed by atoms with E-state index in [0.717, 1.165) is 24.2 Å². The van der Waals surface area contributed by atoms with Gasteiger partial charge in [0.05, 0.1) is 12.8 Å². The largest absolute Gasteiger partial charge is 0.495 e. The minimum absolute atomic E-state index is 0.183. The summed E-state index contributed by atoms with van der Waals surface area (Å²) in [5.74, 6) is 1.29. The molecule has 3 rings (SSSR count). The summed E-state index contributed by atoms with van der Waals surface area (Å²) in [5.41, 5.74) is 4.32. The molecule has 0 fully saturated rings. The van der Waals surface area contributed by atoms with Crippen molar-refractivity contribution in [3.63, 3.8) is 0 Å². The number of ether oxygens (including phenoxy) is 2. The molecule has 0 heterocycles. The number of benzene rings is 2. The Bertz CT molecular complexity index is 770. The number of fused-ring (bicyclic) bond motifs is 1. The maximum atomic E-state index is 12.6. The Balaban J connectivity index is 1.73. The van der Waals surface area contributed by atoms with Crippen molar-refractivity contribution in [1.82, 2.24) is 0 Å². The number of amides is 1. The van der Waals surface area contributed by atoms with Crippen molar-refractivity contribution >= 4 is 11.6 Å². The van der Waals surface area contributed by atoms with E-state index in [9.17, 15) is 4.79 Å². The van der Waals surface area contributed by atoms with E-state index < -0.39 is 6.10 Å². The van der Waals surface area contributed by atoms with Crippen LogP contribution in [0.15, 0.2) is 36.4 Å². The zero-order valence-electron chi connectivity index (χ0n) is 15.1. The molecule has 0 aliphatic heterocycles. The fraction of sp³-hybridized carbons (Fsp3) is 0.381. The standard InChI is InChI=1S/C21H25NO3/c1-14-11-12-20(24-3)18(13-14)22-21(23)15(2)25-19-10-6-8-16-7-4-5-9-17(16)19/h6,8,10-13,15H,4-5,7,9H2,1-3H3,(H,22,23)/t15-/m0/s1. The van der Waals surface area contributed by atoms with Crippen molar-refractivity contribution in [2.24, 2.45) is 0 Å². The van der Waals surface area contributed by atoms with Crippen LogP contribution in [0.3, 0.4) is 0 Å². The Hall–Kier alpha value is -2.49. The summed E-state index contributed by atoms with van der Waals surface area (Å²) in [4.78, 5) is 12.6. The van der Waals surface area contributed by atoms with Gasteiger partial charge in [0.15, 0.2) is 6.10 Å². The van der Waals surface area contributed by atoms with E-state index >= 15 is 0 Å². The summed E-state index contributed by atoms with van der Waals surface area (Å²) in [6.07, 6.45) is 3.92. The first kappa shape index (κ1) is 17.3. The molecule has 25 heavy (non-hydrogen) atoms. The molecule has 2 aromatic rings. The molecule has 0 saturated carbocycles. The van der Waals surface area contributed by atoms with Crippen LogP contribution in [0.2, 0.25) is 0 Å². The van der Waals surface area contributed by atoms with E-state index in [-0.39, 0.29) is 5.91 Å². The van der Waals surface area contributed by atoms with Crippen molar-refractivity contribution in [3.8, 4) is 11.5 Å². The van der Waals surface area contributed by atoms with Crippen molar-refractivity contribution < 1.29 is 14.3 Å². The van der Waals surface area contributed by atoms with Gasteiger partial charge in [0.2, 0.25) is 0 Å². The van der Waals surface area contributed by atoms with Crippen LogP contribution in [0.5, 0.6) is 11.5 Å². The topological polar surface area (TPSA) is 47.6 Å². The van der Waals surface area contributed by atoms with Crippen molar-refractivity contribution in [2.75, 3.05) is 12.4 Å². The van der Waals surface area contributed by atoms with Crippen LogP contribution < -0.4 is 14.8 Å². The van der Waals surface area contributed by atoms with Crippen molar-refractivity contribution in [3.05, 3.63) is 53.1 Å². The van der Waals surface area contributed by atoms with Gasteiger partial charge in [-0.1, -0.05) is 18.2 Å². The highest BCUT2D eigenvalue weighted by Crippen LogP contribution is 2.30. The fourth-order valence-electron chi connectivity index (χ4n) is 3.25. The second-order valence-electron chi connectivity index (χ2n) is 6.55. The second-order valence-corrected chi connectivity index (χ2v) is 6.55. The Labute approximate surface area is 149 Å². The second kappa shape index (κ2) is 7.60. The zero-order valence-corrected chi connectivity index (χ0v) is 15.1. The lowest BCUT2D eigenvalue weighted by Gasteiger charge is -2.22. The van der Waals surface area contributed by atoms with E-state index in [1.807, 2.05) is 37.3 Å². The van der Waals surface area contributed by atoms with Crippen LogP contribution in [0.4, 0.5) is 5.69 Å². The number of aryl methyl sites for hydroxylation is 2. The number of carbonyl (C=O) groups excluding carboxylic acids is 1. The number of carbonyl (C=O) groups is 1. The molecule has 1 amide bonds. The summed E-state index contributed by atoms with van der Waals surface area (Å²) in [5, 5.41) is 2.91. The monoisotopic (exact) mass is 339 g/mol. The fourth-order valence-corrected chi connectivity index (χ4v) is 3.25. The first-order chi connectivity index (χ1) is 12.1. The Kier molecular flexibility index (Phi) is 5.27. The van der Waals surface area contributed by atoms with E-state index in [2.05, 4.69) is 11.4 Å². The van der Waals surface area contributed by atoms with Gasteiger partial charge in [-0.15, -0.1) is 0 Å². The number of anilines is 1. The van der Waals surface area contributed by atoms with Crippen LogP contribution in [0, 0.1) is 6.92 Å². The van der Waals surface area contributed by atoms with E-state index in [1.165, 1.54) is 24.0 Å². The number of nitrogens with one attached hydrogen (secondary N) is 1. The minimum Gasteiger partial charge on any atom is -0.495 e. The molecule has 132 valence electrons. The van der Waals surface area contributed by atoms with Gasteiger partial charge in [-0.25, -0.2) is 0 Å². The molecule has 1 aliphatic carbocycles. The Morgan fingerprint density at radius 2 is 1.92 bits per heavy atom. The molecular formula is C21H25NO3. The molecular weight excluding hydrogens is 314 g/mol.